The first kappa shape index (κ1) is 14.8. The van der Waals surface area contributed by atoms with Gasteiger partial charge in [-0.3, -0.25) is 9.59 Å². The van der Waals surface area contributed by atoms with Gasteiger partial charge in [-0.1, -0.05) is 18.2 Å². The monoisotopic (exact) mass is 304 g/mol. The molecule has 6 nitrogen and oxygen atoms in total. The van der Waals surface area contributed by atoms with Gasteiger partial charge in [-0.2, -0.15) is 0 Å². The van der Waals surface area contributed by atoms with E-state index in [1.165, 1.54) is 4.90 Å². The fourth-order valence-electron chi connectivity index (χ4n) is 3.00. The van der Waals surface area contributed by atoms with Gasteiger partial charge < -0.3 is 19.6 Å². The number of piperazine rings is 1. The third-order valence-corrected chi connectivity index (χ3v) is 4.19. The molecule has 22 heavy (non-hydrogen) atoms. The van der Waals surface area contributed by atoms with Crippen LogP contribution in [0.4, 0.5) is 0 Å². The SMILES string of the molecule is O=C1[C@@H]2C[C@H](O)CCN2C(=O)CN1CCOc1ccccc1. The van der Waals surface area contributed by atoms with E-state index < -0.39 is 12.1 Å². The molecule has 2 fully saturated rings. The van der Waals surface area contributed by atoms with Crippen molar-refractivity contribution in [2.24, 2.45) is 0 Å². The lowest BCUT2D eigenvalue weighted by atomic mass is 9.96. The van der Waals surface area contributed by atoms with Gasteiger partial charge in [-0.05, 0) is 18.6 Å². The van der Waals surface area contributed by atoms with Crippen LogP contribution in [-0.2, 0) is 9.59 Å². The molecule has 0 bridgehead atoms. The van der Waals surface area contributed by atoms with Crippen molar-refractivity contribution in [3.05, 3.63) is 30.3 Å². The van der Waals surface area contributed by atoms with E-state index >= 15 is 0 Å². The quantitative estimate of drug-likeness (QED) is 0.866. The van der Waals surface area contributed by atoms with Gasteiger partial charge in [-0.25, -0.2) is 0 Å². The Morgan fingerprint density at radius 2 is 2.00 bits per heavy atom. The molecule has 0 radical (unpaired) electrons. The summed E-state index contributed by atoms with van der Waals surface area (Å²) in [7, 11) is 0. The van der Waals surface area contributed by atoms with E-state index in [9.17, 15) is 14.7 Å². The van der Waals surface area contributed by atoms with Gasteiger partial charge in [0.2, 0.25) is 11.8 Å². The number of hydrogen-bond donors (Lipinski definition) is 1. The molecule has 1 aromatic carbocycles. The Bertz CT molecular complexity index is 548. The molecule has 2 aliphatic rings. The number of nitrogens with zero attached hydrogens (tertiary/aromatic N) is 2. The lowest BCUT2D eigenvalue weighted by molar-refractivity contribution is -0.160. The van der Waals surface area contributed by atoms with E-state index in [4.69, 9.17) is 4.74 Å². The summed E-state index contributed by atoms with van der Waals surface area (Å²) >= 11 is 0. The van der Waals surface area contributed by atoms with Crippen LogP contribution in [0.5, 0.6) is 5.75 Å². The van der Waals surface area contributed by atoms with E-state index in [-0.39, 0.29) is 18.4 Å². The highest BCUT2D eigenvalue weighted by atomic mass is 16.5. The molecule has 6 heteroatoms. The Morgan fingerprint density at radius 1 is 1.23 bits per heavy atom. The first-order valence-electron chi connectivity index (χ1n) is 7.59. The maximum Gasteiger partial charge on any atom is 0.246 e. The molecular formula is C16H20N2O4. The highest BCUT2D eigenvalue weighted by Crippen LogP contribution is 2.23. The Hall–Kier alpha value is -2.08. The molecule has 0 aromatic heterocycles. The molecule has 2 atom stereocenters. The Kier molecular flexibility index (Phi) is 4.29. The molecule has 0 aliphatic carbocycles. The summed E-state index contributed by atoms with van der Waals surface area (Å²) in [4.78, 5) is 27.7. The number of para-hydroxylation sites is 1. The normalized spacial score (nSPS) is 25.1. The molecule has 0 unspecified atom stereocenters. The van der Waals surface area contributed by atoms with Crippen molar-refractivity contribution in [1.29, 1.82) is 0 Å². The molecular weight excluding hydrogens is 284 g/mol. The zero-order valence-electron chi connectivity index (χ0n) is 12.4. The van der Waals surface area contributed by atoms with Crippen LogP contribution < -0.4 is 4.74 Å². The smallest absolute Gasteiger partial charge is 0.246 e. The minimum atomic E-state index is -0.512. The average molecular weight is 304 g/mol. The largest absolute Gasteiger partial charge is 0.492 e. The fourth-order valence-corrected chi connectivity index (χ4v) is 3.00. The van der Waals surface area contributed by atoms with E-state index in [1.54, 1.807) is 4.90 Å². The zero-order chi connectivity index (χ0) is 15.5. The maximum atomic E-state index is 12.5. The number of amides is 2. The molecule has 2 amide bonds. The van der Waals surface area contributed by atoms with Crippen molar-refractivity contribution < 1.29 is 19.4 Å². The Balaban J connectivity index is 1.57. The first-order chi connectivity index (χ1) is 10.6. The topological polar surface area (TPSA) is 70.1 Å². The number of piperidine rings is 1. The van der Waals surface area contributed by atoms with Crippen molar-refractivity contribution in [3.8, 4) is 5.75 Å². The first-order valence-corrected chi connectivity index (χ1v) is 7.59. The average Bonchev–Trinajstić information content (AvgIpc) is 2.53. The summed E-state index contributed by atoms with van der Waals surface area (Å²) in [6, 6.07) is 8.85. The highest BCUT2D eigenvalue weighted by Gasteiger charge is 2.42. The number of hydrogen-bond acceptors (Lipinski definition) is 4. The summed E-state index contributed by atoms with van der Waals surface area (Å²) in [5.41, 5.74) is 0. The summed E-state index contributed by atoms with van der Waals surface area (Å²) in [5.74, 6) is 0.610. The third-order valence-electron chi connectivity index (χ3n) is 4.19. The minimum absolute atomic E-state index is 0.0452. The molecule has 3 rings (SSSR count). The molecule has 118 valence electrons. The lowest BCUT2D eigenvalue weighted by Crippen LogP contribution is -2.63. The third kappa shape index (κ3) is 3.06. The Morgan fingerprint density at radius 3 is 2.77 bits per heavy atom. The van der Waals surface area contributed by atoms with Gasteiger partial charge in [0.15, 0.2) is 0 Å². The van der Waals surface area contributed by atoms with Crippen molar-refractivity contribution in [3.63, 3.8) is 0 Å². The fraction of sp³-hybridized carbons (Fsp3) is 0.500. The van der Waals surface area contributed by atoms with Gasteiger partial charge >= 0.3 is 0 Å². The number of rotatable bonds is 4. The van der Waals surface area contributed by atoms with Crippen LogP contribution in [0.2, 0.25) is 0 Å². The Labute approximate surface area is 129 Å². The predicted molar refractivity (Wildman–Crippen MR) is 79.3 cm³/mol. The number of fused-ring (bicyclic) bond motifs is 1. The second-order valence-electron chi connectivity index (χ2n) is 5.70. The molecule has 0 spiro atoms. The van der Waals surface area contributed by atoms with Crippen LogP contribution in [0.1, 0.15) is 12.8 Å². The van der Waals surface area contributed by atoms with E-state index in [1.807, 2.05) is 30.3 Å². The van der Waals surface area contributed by atoms with Crippen molar-refractivity contribution in [2.75, 3.05) is 26.2 Å². The summed E-state index contributed by atoms with van der Waals surface area (Å²) in [6.07, 6.45) is 0.381. The standard InChI is InChI=1S/C16H20N2O4/c19-12-6-7-18-14(10-12)16(21)17(11-15(18)20)8-9-22-13-4-2-1-3-5-13/h1-5,12,14,19H,6-11H2/t12-,14+/m1/s1. The zero-order valence-corrected chi connectivity index (χ0v) is 12.4. The van der Waals surface area contributed by atoms with Crippen LogP contribution in [0.15, 0.2) is 30.3 Å². The van der Waals surface area contributed by atoms with Crippen LogP contribution in [0, 0.1) is 0 Å². The molecule has 1 N–H and O–H groups in total. The predicted octanol–water partition coefficient (Wildman–Crippen LogP) is 0.259. The second-order valence-corrected chi connectivity index (χ2v) is 5.70. The van der Waals surface area contributed by atoms with E-state index in [2.05, 4.69) is 0 Å². The van der Waals surface area contributed by atoms with E-state index in [0.717, 1.165) is 5.75 Å². The van der Waals surface area contributed by atoms with Gasteiger partial charge in [0.1, 0.15) is 18.4 Å². The molecule has 0 saturated carbocycles. The summed E-state index contributed by atoms with van der Waals surface area (Å²) < 4.78 is 5.58. The minimum Gasteiger partial charge on any atom is -0.492 e. The molecule has 2 aliphatic heterocycles. The number of ether oxygens (including phenoxy) is 1. The van der Waals surface area contributed by atoms with Crippen molar-refractivity contribution in [2.45, 2.75) is 25.0 Å². The number of aliphatic hydroxyl groups excluding tert-OH is 1. The lowest BCUT2D eigenvalue weighted by Gasteiger charge is -2.43. The van der Waals surface area contributed by atoms with Crippen LogP contribution in [-0.4, -0.2) is 65.1 Å². The molecule has 2 saturated heterocycles. The molecule has 1 aromatic rings. The van der Waals surface area contributed by atoms with E-state index in [0.29, 0.717) is 32.5 Å². The van der Waals surface area contributed by atoms with Gasteiger partial charge in [-0.15, -0.1) is 0 Å². The summed E-state index contributed by atoms with van der Waals surface area (Å²) in [5, 5.41) is 9.73. The highest BCUT2D eigenvalue weighted by molar-refractivity contribution is 5.95. The van der Waals surface area contributed by atoms with Gasteiger partial charge in [0, 0.05) is 13.0 Å². The molecule has 2 heterocycles. The van der Waals surface area contributed by atoms with Crippen molar-refractivity contribution in [1.82, 2.24) is 9.80 Å². The second kappa shape index (κ2) is 6.36. The number of carbonyl (C=O) groups is 2. The van der Waals surface area contributed by atoms with Crippen molar-refractivity contribution >= 4 is 11.8 Å². The maximum absolute atomic E-state index is 12.5. The number of carbonyl (C=O) groups excluding carboxylic acids is 2. The summed E-state index contributed by atoms with van der Waals surface area (Å²) in [6.45, 7) is 1.28. The van der Waals surface area contributed by atoms with Gasteiger partial charge in [0.25, 0.3) is 0 Å². The number of benzene rings is 1. The van der Waals surface area contributed by atoms with Gasteiger partial charge in [0.05, 0.1) is 19.2 Å². The van der Waals surface area contributed by atoms with Crippen LogP contribution in [0.25, 0.3) is 0 Å². The van der Waals surface area contributed by atoms with Crippen LogP contribution >= 0.6 is 0 Å². The van der Waals surface area contributed by atoms with Crippen LogP contribution in [0.3, 0.4) is 0 Å². The number of aliphatic hydroxyl groups is 1.